The summed E-state index contributed by atoms with van der Waals surface area (Å²) < 4.78 is 4.68. The van der Waals surface area contributed by atoms with Crippen LogP contribution in [0.4, 0.5) is 0 Å². The molecule has 0 radical (unpaired) electrons. The first-order valence-electron chi connectivity index (χ1n) is 14.8. The third-order valence-electron chi connectivity index (χ3n) is 8.63. The van der Waals surface area contributed by atoms with Crippen LogP contribution >= 0.6 is 0 Å². The Morgan fingerprint density at radius 2 is 1.14 bits per heavy atom. The van der Waals surface area contributed by atoms with Crippen molar-refractivity contribution in [1.82, 2.24) is 19.1 Å². The molecule has 0 aliphatic carbocycles. The van der Waals surface area contributed by atoms with E-state index in [4.69, 9.17) is 4.98 Å². The second-order valence-corrected chi connectivity index (χ2v) is 11.1. The number of benzene rings is 5. The fraction of sp³-hybridized carbons (Fsp3) is 0. The number of pyridine rings is 2. The summed E-state index contributed by atoms with van der Waals surface area (Å²) in [5.41, 5.74) is 10.2. The Morgan fingerprint density at radius 1 is 0.409 bits per heavy atom. The average Bonchev–Trinajstić information content (AvgIpc) is 3.61. The summed E-state index contributed by atoms with van der Waals surface area (Å²) >= 11 is 0. The van der Waals surface area contributed by atoms with E-state index in [2.05, 4.69) is 142 Å². The summed E-state index contributed by atoms with van der Waals surface area (Å²) in [6, 6.07) is 51.6. The van der Waals surface area contributed by atoms with Gasteiger partial charge in [-0.3, -0.25) is 9.55 Å². The predicted molar refractivity (Wildman–Crippen MR) is 182 cm³/mol. The first kappa shape index (κ1) is 24.6. The van der Waals surface area contributed by atoms with Crippen molar-refractivity contribution in [1.29, 1.82) is 0 Å². The van der Waals surface area contributed by atoms with Crippen LogP contribution < -0.4 is 0 Å². The van der Waals surface area contributed by atoms with Crippen LogP contribution in [0, 0.1) is 0 Å². The first-order valence-corrected chi connectivity index (χ1v) is 14.8. The van der Waals surface area contributed by atoms with Gasteiger partial charge in [-0.25, -0.2) is 4.98 Å². The van der Waals surface area contributed by atoms with E-state index in [9.17, 15) is 0 Å². The van der Waals surface area contributed by atoms with Gasteiger partial charge in [0.25, 0.3) is 0 Å². The largest absolute Gasteiger partial charge is 0.309 e. The van der Waals surface area contributed by atoms with E-state index in [1.807, 2.05) is 30.6 Å². The molecule has 0 saturated heterocycles. The molecule has 9 rings (SSSR count). The Morgan fingerprint density at radius 3 is 1.98 bits per heavy atom. The zero-order chi connectivity index (χ0) is 29.0. The Labute approximate surface area is 254 Å². The van der Waals surface area contributed by atoms with E-state index in [1.165, 1.54) is 38.2 Å². The third kappa shape index (κ3) is 3.71. The van der Waals surface area contributed by atoms with Crippen LogP contribution in [0.3, 0.4) is 0 Å². The summed E-state index contributed by atoms with van der Waals surface area (Å²) in [7, 11) is 0. The molecule has 0 atom stereocenters. The van der Waals surface area contributed by atoms with Crippen molar-refractivity contribution in [2.24, 2.45) is 0 Å². The highest BCUT2D eigenvalue weighted by atomic mass is 15.1. The van der Waals surface area contributed by atoms with Gasteiger partial charge in [0.05, 0.1) is 27.8 Å². The quantitative estimate of drug-likeness (QED) is 0.214. The van der Waals surface area contributed by atoms with E-state index < -0.39 is 0 Å². The van der Waals surface area contributed by atoms with Crippen LogP contribution in [0.25, 0.3) is 77.5 Å². The Kier molecular flexibility index (Phi) is 5.47. The molecule has 0 fully saturated rings. The first-order chi connectivity index (χ1) is 21.8. The molecular formula is C40H26N4. The van der Waals surface area contributed by atoms with Crippen molar-refractivity contribution in [3.8, 4) is 33.9 Å². The number of rotatable bonds is 4. The van der Waals surface area contributed by atoms with Crippen LogP contribution in [-0.2, 0) is 0 Å². The van der Waals surface area contributed by atoms with Gasteiger partial charge in [0.2, 0.25) is 0 Å². The highest BCUT2D eigenvalue weighted by Crippen LogP contribution is 2.40. The van der Waals surface area contributed by atoms with E-state index in [0.29, 0.717) is 0 Å². The molecule has 44 heavy (non-hydrogen) atoms. The van der Waals surface area contributed by atoms with Gasteiger partial charge in [-0.1, -0.05) is 91.0 Å². The van der Waals surface area contributed by atoms with Gasteiger partial charge in [-0.15, -0.1) is 0 Å². The van der Waals surface area contributed by atoms with Gasteiger partial charge in [0, 0.05) is 45.2 Å². The number of nitrogens with zero attached hydrogens (tertiary/aromatic N) is 4. The second kappa shape index (κ2) is 9.79. The number of fused-ring (bicyclic) bond motifs is 6. The molecular weight excluding hydrogens is 536 g/mol. The maximum atomic E-state index is 4.81. The van der Waals surface area contributed by atoms with Gasteiger partial charge in [-0.2, -0.15) is 0 Å². The van der Waals surface area contributed by atoms with Crippen LogP contribution in [0.2, 0.25) is 0 Å². The molecule has 0 bridgehead atoms. The highest BCUT2D eigenvalue weighted by molar-refractivity contribution is 6.16. The van der Waals surface area contributed by atoms with E-state index in [1.54, 1.807) is 0 Å². The maximum Gasteiger partial charge on any atom is 0.137 e. The van der Waals surface area contributed by atoms with Crippen molar-refractivity contribution in [2.75, 3.05) is 0 Å². The maximum absolute atomic E-state index is 4.81. The lowest BCUT2D eigenvalue weighted by Gasteiger charge is -2.11. The number of para-hydroxylation sites is 1. The van der Waals surface area contributed by atoms with Crippen molar-refractivity contribution in [3.63, 3.8) is 0 Å². The summed E-state index contributed by atoms with van der Waals surface area (Å²) in [6.07, 6.45) is 3.72. The van der Waals surface area contributed by atoms with Crippen LogP contribution in [-0.4, -0.2) is 19.1 Å². The van der Waals surface area contributed by atoms with E-state index >= 15 is 0 Å². The lowest BCUT2D eigenvalue weighted by Crippen LogP contribution is -1.98. The third-order valence-corrected chi connectivity index (χ3v) is 8.63. The molecule has 4 aromatic heterocycles. The Bertz CT molecular complexity index is 2470. The summed E-state index contributed by atoms with van der Waals surface area (Å²) in [5, 5.41) is 4.87. The fourth-order valence-electron chi connectivity index (χ4n) is 6.73. The van der Waals surface area contributed by atoms with Crippen molar-refractivity contribution in [3.05, 3.63) is 158 Å². The predicted octanol–water partition coefficient (Wildman–Crippen LogP) is 10.0. The molecule has 0 amide bonds. The Hall–Kier alpha value is -6.00. The molecule has 5 aromatic carbocycles. The van der Waals surface area contributed by atoms with Gasteiger partial charge in [0.15, 0.2) is 0 Å². The average molecular weight is 563 g/mol. The molecule has 9 aromatic rings. The minimum absolute atomic E-state index is 0.898. The van der Waals surface area contributed by atoms with Crippen LogP contribution in [0.15, 0.2) is 158 Å². The molecule has 0 spiro atoms. The van der Waals surface area contributed by atoms with Gasteiger partial charge in [0.1, 0.15) is 5.82 Å². The van der Waals surface area contributed by atoms with Gasteiger partial charge >= 0.3 is 0 Å². The standard InChI is InChI=1S/C40H26N4/c1-2-11-27(12-3-1)30-14-10-17-36-40(30)33-22-20-29(26-38(33)44(36)39-18-7-9-24-42-39)43-35-16-5-4-13-31(35)32-21-19-28(25-37(32)43)34-15-6-8-23-41-34/h1-26H. The minimum atomic E-state index is 0.898. The van der Waals surface area contributed by atoms with E-state index in [0.717, 1.165) is 39.3 Å². The second-order valence-electron chi connectivity index (χ2n) is 11.1. The molecule has 4 heterocycles. The molecule has 0 aliphatic heterocycles. The molecule has 0 unspecified atom stereocenters. The highest BCUT2D eigenvalue weighted by Gasteiger charge is 2.19. The van der Waals surface area contributed by atoms with Gasteiger partial charge in [-0.05, 0) is 65.7 Å². The monoisotopic (exact) mass is 562 g/mol. The van der Waals surface area contributed by atoms with Crippen LogP contribution in [0.5, 0.6) is 0 Å². The van der Waals surface area contributed by atoms with Crippen molar-refractivity contribution >= 4 is 43.6 Å². The minimum Gasteiger partial charge on any atom is -0.309 e. The number of hydrogen-bond donors (Lipinski definition) is 0. The van der Waals surface area contributed by atoms with Gasteiger partial charge < -0.3 is 4.57 Å². The lowest BCUT2D eigenvalue weighted by molar-refractivity contribution is 1.08. The number of aromatic nitrogens is 4. The smallest absolute Gasteiger partial charge is 0.137 e. The molecule has 206 valence electrons. The molecule has 0 aliphatic rings. The normalized spacial score (nSPS) is 11.6. The van der Waals surface area contributed by atoms with E-state index in [-0.39, 0.29) is 0 Å². The topological polar surface area (TPSA) is 35.6 Å². The Balaban J connectivity index is 1.37. The molecule has 4 heteroatoms. The zero-order valence-corrected chi connectivity index (χ0v) is 23.8. The molecule has 4 nitrogen and oxygen atoms in total. The summed E-state index contributed by atoms with van der Waals surface area (Å²) in [4.78, 5) is 9.45. The zero-order valence-electron chi connectivity index (χ0n) is 23.8. The van der Waals surface area contributed by atoms with Crippen molar-refractivity contribution < 1.29 is 0 Å². The van der Waals surface area contributed by atoms with Crippen molar-refractivity contribution in [2.45, 2.75) is 0 Å². The molecule has 0 saturated carbocycles. The lowest BCUT2D eigenvalue weighted by atomic mass is 9.99. The molecule has 0 N–H and O–H groups in total. The van der Waals surface area contributed by atoms with Crippen LogP contribution in [0.1, 0.15) is 0 Å². The summed E-state index contributed by atoms with van der Waals surface area (Å²) in [5.74, 6) is 0.898. The SMILES string of the molecule is c1ccc(-c2cccc3c2c2ccc(-n4c5ccccc5c5ccc(-c6ccccn6)cc54)cc2n3-c2ccccn2)cc1. The summed E-state index contributed by atoms with van der Waals surface area (Å²) in [6.45, 7) is 0. The fourth-order valence-corrected chi connectivity index (χ4v) is 6.73. The number of hydrogen-bond acceptors (Lipinski definition) is 2.